The molecule has 0 saturated heterocycles. The van der Waals surface area contributed by atoms with Crippen LogP contribution in [0.25, 0.3) is 16.6 Å². The SMILES string of the molecule is CC(F)(F)F.OC(CSc1ccccc1C(F)(F)F)c1ccc2c(cnn2-c2ccccc2)c1. The monoisotopic (exact) mass is 498 g/mol. The Morgan fingerprint density at radius 2 is 1.53 bits per heavy atom. The van der Waals surface area contributed by atoms with E-state index >= 15 is 0 Å². The van der Waals surface area contributed by atoms with E-state index in [1.54, 1.807) is 23.0 Å². The zero-order valence-electron chi connectivity index (χ0n) is 17.8. The van der Waals surface area contributed by atoms with Gasteiger partial charge in [0, 0.05) is 23.0 Å². The van der Waals surface area contributed by atoms with Crippen LogP contribution in [0, 0.1) is 0 Å². The number of halogens is 6. The number of fused-ring (bicyclic) bond motifs is 1. The van der Waals surface area contributed by atoms with Gasteiger partial charge in [0.25, 0.3) is 0 Å². The first-order chi connectivity index (χ1) is 15.9. The maximum absolute atomic E-state index is 13.1. The number of nitrogens with zero attached hydrogens (tertiary/aromatic N) is 2. The minimum Gasteiger partial charge on any atom is -0.388 e. The summed E-state index contributed by atoms with van der Waals surface area (Å²) in [5.74, 6) is 0.116. The average molecular weight is 498 g/mol. The summed E-state index contributed by atoms with van der Waals surface area (Å²) in [6.07, 6.45) is -7.60. The van der Waals surface area contributed by atoms with Gasteiger partial charge >= 0.3 is 12.4 Å². The number of benzene rings is 3. The molecular formula is C24H20F6N2OS. The van der Waals surface area contributed by atoms with E-state index in [9.17, 15) is 31.4 Å². The van der Waals surface area contributed by atoms with Crippen LogP contribution in [0.1, 0.15) is 24.2 Å². The molecule has 0 aliphatic carbocycles. The van der Waals surface area contributed by atoms with E-state index in [-0.39, 0.29) is 17.6 Å². The Morgan fingerprint density at radius 3 is 2.18 bits per heavy atom. The van der Waals surface area contributed by atoms with Crippen LogP contribution in [0.5, 0.6) is 0 Å². The standard InChI is InChI=1S/C22H17F3N2OS.C2H3F3/c23-22(24,25)18-8-4-5-9-21(18)29-14-20(28)15-10-11-19-16(12-15)13-26-27(19)17-6-2-1-3-7-17;1-2(3,4)5/h1-13,20,28H,14H2;1H3. The normalized spacial score (nSPS) is 12.8. The Balaban J connectivity index is 0.000000588. The van der Waals surface area contributed by atoms with Crippen LogP contribution < -0.4 is 0 Å². The highest BCUT2D eigenvalue weighted by Gasteiger charge is 2.33. The van der Waals surface area contributed by atoms with Crippen LogP contribution >= 0.6 is 11.8 Å². The second kappa shape index (κ2) is 10.5. The van der Waals surface area contributed by atoms with Gasteiger partial charge in [0.1, 0.15) is 0 Å². The number of rotatable bonds is 5. The van der Waals surface area contributed by atoms with Gasteiger partial charge in [-0.2, -0.15) is 31.4 Å². The van der Waals surface area contributed by atoms with Crippen LogP contribution in [-0.4, -0.2) is 26.8 Å². The highest BCUT2D eigenvalue weighted by atomic mass is 32.2. The predicted molar refractivity (Wildman–Crippen MR) is 120 cm³/mol. The van der Waals surface area contributed by atoms with Gasteiger partial charge in [-0.1, -0.05) is 36.4 Å². The van der Waals surface area contributed by atoms with E-state index in [0.717, 1.165) is 34.4 Å². The zero-order valence-corrected chi connectivity index (χ0v) is 18.6. The summed E-state index contributed by atoms with van der Waals surface area (Å²) in [6.45, 7) is 0.188. The summed E-state index contributed by atoms with van der Waals surface area (Å²) >= 11 is 0.993. The number of hydrogen-bond acceptors (Lipinski definition) is 3. The first kappa shape index (κ1) is 25.6. The molecule has 1 atom stereocenters. The number of hydrogen-bond donors (Lipinski definition) is 1. The minimum atomic E-state index is -4.42. The molecule has 34 heavy (non-hydrogen) atoms. The number of aliphatic hydroxyl groups is 1. The lowest BCUT2D eigenvalue weighted by Crippen LogP contribution is -2.07. The van der Waals surface area contributed by atoms with Gasteiger partial charge in [0.2, 0.25) is 0 Å². The fourth-order valence-electron chi connectivity index (χ4n) is 3.13. The third-order valence-electron chi connectivity index (χ3n) is 4.57. The molecule has 1 aromatic heterocycles. The largest absolute Gasteiger partial charge is 0.417 e. The van der Waals surface area contributed by atoms with Crippen molar-refractivity contribution in [3.05, 3.63) is 90.1 Å². The van der Waals surface area contributed by atoms with Gasteiger partial charge in [-0.3, -0.25) is 0 Å². The molecule has 4 aromatic rings. The summed E-state index contributed by atoms with van der Waals surface area (Å²) in [6, 6.07) is 20.6. The molecule has 3 aromatic carbocycles. The Labute approximate surface area is 196 Å². The van der Waals surface area contributed by atoms with Crippen molar-refractivity contribution in [3.63, 3.8) is 0 Å². The Morgan fingerprint density at radius 1 is 0.912 bits per heavy atom. The molecule has 3 nitrogen and oxygen atoms in total. The van der Waals surface area contributed by atoms with Gasteiger partial charge in [-0.05, 0) is 42.0 Å². The van der Waals surface area contributed by atoms with Gasteiger partial charge < -0.3 is 5.11 Å². The number of aliphatic hydroxyl groups excluding tert-OH is 1. The smallest absolute Gasteiger partial charge is 0.388 e. The molecule has 0 aliphatic heterocycles. The zero-order chi connectivity index (χ0) is 24.9. The van der Waals surface area contributed by atoms with Crippen LogP contribution in [0.3, 0.4) is 0 Å². The number of aromatic nitrogens is 2. The molecule has 0 amide bonds. The molecule has 0 aliphatic rings. The molecule has 0 saturated carbocycles. The molecule has 0 radical (unpaired) electrons. The highest BCUT2D eigenvalue weighted by Crippen LogP contribution is 2.37. The molecule has 1 unspecified atom stereocenters. The Kier molecular flexibility index (Phi) is 7.93. The molecule has 0 bridgehead atoms. The molecular weight excluding hydrogens is 478 g/mol. The lowest BCUT2D eigenvalue weighted by molar-refractivity contribution is -0.139. The Hall–Kier alpha value is -2.98. The van der Waals surface area contributed by atoms with E-state index in [1.807, 2.05) is 42.5 Å². The first-order valence-electron chi connectivity index (χ1n) is 10.0. The first-order valence-corrected chi connectivity index (χ1v) is 11.0. The third-order valence-corrected chi connectivity index (χ3v) is 5.72. The summed E-state index contributed by atoms with van der Waals surface area (Å²) in [7, 11) is 0. The number of alkyl halides is 6. The molecule has 4 rings (SSSR count). The van der Waals surface area contributed by atoms with Crippen LogP contribution in [0.4, 0.5) is 26.3 Å². The topological polar surface area (TPSA) is 38.1 Å². The van der Waals surface area contributed by atoms with E-state index in [1.165, 1.54) is 12.1 Å². The summed E-state index contributed by atoms with van der Waals surface area (Å²) in [5.41, 5.74) is 1.77. The lowest BCUT2D eigenvalue weighted by Gasteiger charge is -2.15. The van der Waals surface area contributed by atoms with Gasteiger partial charge in [0.15, 0.2) is 0 Å². The maximum Gasteiger partial charge on any atom is 0.417 e. The van der Waals surface area contributed by atoms with Crippen molar-refractivity contribution in [3.8, 4) is 5.69 Å². The fourth-order valence-corrected chi connectivity index (χ4v) is 4.17. The van der Waals surface area contributed by atoms with Crippen molar-refractivity contribution < 1.29 is 31.4 Å². The van der Waals surface area contributed by atoms with Gasteiger partial charge in [-0.15, -0.1) is 11.8 Å². The van der Waals surface area contributed by atoms with Crippen molar-refractivity contribution >= 4 is 22.7 Å². The van der Waals surface area contributed by atoms with E-state index in [0.29, 0.717) is 5.56 Å². The molecule has 0 fully saturated rings. The number of para-hydroxylation sites is 1. The third kappa shape index (κ3) is 7.01. The average Bonchev–Trinajstić information content (AvgIpc) is 3.20. The predicted octanol–water partition coefficient (Wildman–Crippen LogP) is 7.44. The number of thioether (sulfide) groups is 1. The van der Waals surface area contributed by atoms with E-state index < -0.39 is 24.0 Å². The van der Waals surface area contributed by atoms with Crippen molar-refractivity contribution in [2.24, 2.45) is 0 Å². The molecule has 0 spiro atoms. The Bertz CT molecular complexity index is 1220. The van der Waals surface area contributed by atoms with Crippen LogP contribution in [-0.2, 0) is 6.18 Å². The maximum atomic E-state index is 13.1. The molecule has 1 N–H and O–H groups in total. The van der Waals surface area contributed by atoms with Crippen molar-refractivity contribution in [1.29, 1.82) is 0 Å². The fraction of sp³-hybridized carbons (Fsp3) is 0.208. The van der Waals surface area contributed by atoms with Crippen molar-refractivity contribution in [2.45, 2.75) is 30.3 Å². The highest BCUT2D eigenvalue weighted by molar-refractivity contribution is 7.99. The summed E-state index contributed by atoms with van der Waals surface area (Å²) in [5, 5.41) is 15.8. The summed E-state index contributed by atoms with van der Waals surface area (Å²) < 4.78 is 72.3. The van der Waals surface area contributed by atoms with Crippen molar-refractivity contribution in [2.75, 3.05) is 5.75 Å². The van der Waals surface area contributed by atoms with Crippen molar-refractivity contribution in [1.82, 2.24) is 9.78 Å². The summed E-state index contributed by atoms with van der Waals surface area (Å²) in [4.78, 5) is 0.108. The minimum absolute atomic E-state index is 0.108. The van der Waals surface area contributed by atoms with E-state index in [4.69, 9.17) is 0 Å². The molecule has 180 valence electrons. The van der Waals surface area contributed by atoms with E-state index in [2.05, 4.69) is 5.10 Å². The second-order valence-electron chi connectivity index (χ2n) is 7.31. The molecule has 10 heteroatoms. The molecule has 1 heterocycles. The van der Waals surface area contributed by atoms with Gasteiger partial charge in [0.05, 0.1) is 29.1 Å². The van der Waals surface area contributed by atoms with Gasteiger partial charge in [-0.25, -0.2) is 4.68 Å². The lowest BCUT2D eigenvalue weighted by atomic mass is 10.1. The van der Waals surface area contributed by atoms with Crippen LogP contribution in [0.2, 0.25) is 0 Å². The quantitative estimate of drug-likeness (QED) is 0.230. The second-order valence-corrected chi connectivity index (χ2v) is 8.37. The van der Waals surface area contributed by atoms with Crippen LogP contribution in [0.15, 0.2) is 83.9 Å².